The highest BCUT2D eigenvalue weighted by Gasteiger charge is 2.27. The number of benzene rings is 4. The Hall–Kier alpha value is -2.16. The molecule has 4 aromatic carbocycles. The second kappa shape index (κ2) is 4.67. The molecule has 0 spiro atoms. The molecule has 110 valence electrons. The molecule has 0 radical (unpaired) electrons. The number of hydrogen-bond acceptors (Lipinski definition) is 2. The van der Waals surface area contributed by atoms with Gasteiger partial charge in [-0.15, -0.1) is 0 Å². The van der Waals surface area contributed by atoms with Gasteiger partial charge in [0.1, 0.15) is 0 Å². The summed E-state index contributed by atoms with van der Waals surface area (Å²) < 4.78 is 0. The Morgan fingerprint density at radius 1 is 0.773 bits per heavy atom. The lowest BCUT2D eigenvalue weighted by molar-refractivity contribution is -0.173. The van der Waals surface area contributed by atoms with Crippen molar-refractivity contribution < 1.29 is 10.2 Å². The van der Waals surface area contributed by atoms with E-state index in [-0.39, 0.29) is 0 Å². The molecule has 4 rings (SSSR count). The monoisotopic (exact) mass is 290 g/mol. The number of aliphatic hydroxyl groups is 2. The van der Waals surface area contributed by atoms with Gasteiger partial charge in [0, 0.05) is 12.0 Å². The van der Waals surface area contributed by atoms with Crippen LogP contribution in [0.2, 0.25) is 0 Å². The second-order valence-corrected chi connectivity index (χ2v) is 6.04. The summed E-state index contributed by atoms with van der Waals surface area (Å²) in [5.74, 6) is -1.78. The lowest BCUT2D eigenvalue weighted by Crippen LogP contribution is -2.24. The van der Waals surface area contributed by atoms with E-state index >= 15 is 0 Å². The lowest BCUT2D eigenvalue weighted by atomic mass is 9.88. The summed E-state index contributed by atoms with van der Waals surface area (Å²) >= 11 is 0. The van der Waals surface area contributed by atoms with E-state index < -0.39 is 5.79 Å². The van der Waals surface area contributed by atoms with Crippen LogP contribution in [0.3, 0.4) is 0 Å². The van der Waals surface area contributed by atoms with Gasteiger partial charge in [-0.1, -0.05) is 67.9 Å². The minimum absolute atomic E-state index is 0.330. The van der Waals surface area contributed by atoms with Crippen molar-refractivity contribution in [3.63, 3.8) is 0 Å². The summed E-state index contributed by atoms with van der Waals surface area (Å²) in [6.45, 7) is 1.96. The first-order valence-electron chi connectivity index (χ1n) is 7.73. The fourth-order valence-corrected chi connectivity index (χ4v) is 3.57. The van der Waals surface area contributed by atoms with Gasteiger partial charge in [-0.2, -0.15) is 0 Å². The molecule has 0 aliphatic carbocycles. The molecule has 2 N–H and O–H groups in total. The Balaban J connectivity index is 2.17. The van der Waals surface area contributed by atoms with Gasteiger partial charge >= 0.3 is 0 Å². The standard InChI is InChI=1S/C20H18O2/c1-2-12-20(21,22)17-11-9-15-7-6-13-4-3-5-14-8-10-16(17)19(15)18(13)14/h3-11,21-22H,2,12H2,1H3. The fourth-order valence-electron chi connectivity index (χ4n) is 3.57. The molecule has 0 unspecified atom stereocenters. The van der Waals surface area contributed by atoms with E-state index in [4.69, 9.17) is 0 Å². The minimum atomic E-state index is -1.78. The third kappa shape index (κ3) is 1.81. The maximum atomic E-state index is 10.5. The number of hydrogen-bond donors (Lipinski definition) is 2. The molecule has 0 atom stereocenters. The average Bonchev–Trinajstić information content (AvgIpc) is 2.52. The molecule has 0 amide bonds. The van der Waals surface area contributed by atoms with E-state index in [0.717, 1.165) is 22.6 Å². The Morgan fingerprint density at radius 2 is 1.36 bits per heavy atom. The highest BCUT2D eigenvalue weighted by Crippen LogP contribution is 2.39. The maximum Gasteiger partial charge on any atom is 0.190 e. The molecule has 0 aliphatic rings. The Labute approximate surface area is 129 Å². The predicted octanol–water partition coefficient (Wildman–Crippen LogP) is 4.52. The smallest absolute Gasteiger partial charge is 0.190 e. The van der Waals surface area contributed by atoms with Gasteiger partial charge in [0.05, 0.1) is 0 Å². The van der Waals surface area contributed by atoms with E-state index in [1.807, 2.05) is 25.1 Å². The van der Waals surface area contributed by atoms with Gasteiger partial charge in [0.25, 0.3) is 0 Å². The van der Waals surface area contributed by atoms with Gasteiger partial charge in [0.15, 0.2) is 5.79 Å². The zero-order valence-corrected chi connectivity index (χ0v) is 12.5. The molecule has 0 heterocycles. The summed E-state index contributed by atoms with van der Waals surface area (Å²) in [5, 5.41) is 27.7. The lowest BCUT2D eigenvalue weighted by Gasteiger charge is -2.24. The number of rotatable bonds is 3. The largest absolute Gasteiger partial charge is 0.362 e. The molecule has 4 aromatic rings. The molecule has 0 fully saturated rings. The Morgan fingerprint density at radius 3 is 2.05 bits per heavy atom. The van der Waals surface area contributed by atoms with Crippen molar-refractivity contribution in [1.82, 2.24) is 0 Å². The van der Waals surface area contributed by atoms with Crippen LogP contribution in [0.5, 0.6) is 0 Å². The van der Waals surface area contributed by atoms with Gasteiger partial charge in [-0.05, 0) is 32.3 Å². The maximum absolute atomic E-state index is 10.5. The summed E-state index contributed by atoms with van der Waals surface area (Å²) in [7, 11) is 0. The Kier molecular flexibility index (Phi) is 2.86. The van der Waals surface area contributed by atoms with E-state index in [0.29, 0.717) is 12.0 Å². The zero-order valence-electron chi connectivity index (χ0n) is 12.5. The fraction of sp³-hybridized carbons (Fsp3) is 0.200. The topological polar surface area (TPSA) is 40.5 Å². The van der Waals surface area contributed by atoms with Crippen LogP contribution in [0.15, 0.2) is 54.6 Å². The van der Waals surface area contributed by atoms with Crippen molar-refractivity contribution in [2.45, 2.75) is 25.6 Å². The van der Waals surface area contributed by atoms with E-state index in [2.05, 4.69) is 36.4 Å². The van der Waals surface area contributed by atoms with Crippen LogP contribution in [-0.4, -0.2) is 10.2 Å². The van der Waals surface area contributed by atoms with Crippen molar-refractivity contribution in [1.29, 1.82) is 0 Å². The second-order valence-electron chi connectivity index (χ2n) is 6.04. The molecule has 2 heteroatoms. The zero-order chi connectivity index (χ0) is 15.3. The van der Waals surface area contributed by atoms with Crippen molar-refractivity contribution in [3.05, 3.63) is 60.2 Å². The first-order valence-corrected chi connectivity index (χ1v) is 7.73. The van der Waals surface area contributed by atoms with Crippen molar-refractivity contribution >= 4 is 32.3 Å². The molecule has 0 bridgehead atoms. The van der Waals surface area contributed by atoms with Gasteiger partial charge in [0.2, 0.25) is 0 Å². The van der Waals surface area contributed by atoms with Crippen LogP contribution in [0.1, 0.15) is 25.3 Å². The van der Waals surface area contributed by atoms with E-state index in [1.54, 1.807) is 0 Å². The molecule has 22 heavy (non-hydrogen) atoms. The molecule has 0 aromatic heterocycles. The summed E-state index contributed by atoms with van der Waals surface area (Å²) in [4.78, 5) is 0. The minimum Gasteiger partial charge on any atom is -0.362 e. The first-order chi connectivity index (χ1) is 10.6. The normalized spacial score (nSPS) is 12.7. The molecular weight excluding hydrogens is 272 g/mol. The third-order valence-corrected chi connectivity index (χ3v) is 4.56. The quantitative estimate of drug-likeness (QED) is 0.430. The van der Waals surface area contributed by atoms with E-state index in [1.165, 1.54) is 16.2 Å². The predicted molar refractivity (Wildman–Crippen MR) is 91.2 cm³/mol. The van der Waals surface area contributed by atoms with Crippen molar-refractivity contribution in [2.75, 3.05) is 0 Å². The van der Waals surface area contributed by atoms with Crippen LogP contribution in [0.25, 0.3) is 32.3 Å². The van der Waals surface area contributed by atoms with Gasteiger partial charge in [-0.25, -0.2) is 0 Å². The average molecular weight is 290 g/mol. The van der Waals surface area contributed by atoms with Gasteiger partial charge in [-0.3, -0.25) is 0 Å². The summed E-state index contributed by atoms with van der Waals surface area (Å²) in [6.07, 6.45) is 1.05. The Bertz CT molecular complexity index is 954. The highest BCUT2D eigenvalue weighted by atomic mass is 16.5. The molecular formula is C20H18O2. The summed E-state index contributed by atoms with van der Waals surface area (Å²) in [5.41, 5.74) is 0.597. The molecule has 0 aliphatic heterocycles. The van der Waals surface area contributed by atoms with Crippen LogP contribution >= 0.6 is 0 Å². The SMILES string of the molecule is CCCC(O)(O)c1ccc2ccc3cccc4ccc1c2c34. The van der Waals surface area contributed by atoms with Crippen LogP contribution in [0, 0.1) is 0 Å². The van der Waals surface area contributed by atoms with Crippen LogP contribution in [-0.2, 0) is 5.79 Å². The van der Waals surface area contributed by atoms with E-state index in [9.17, 15) is 10.2 Å². The third-order valence-electron chi connectivity index (χ3n) is 4.56. The van der Waals surface area contributed by atoms with Crippen LogP contribution < -0.4 is 0 Å². The van der Waals surface area contributed by atoms with Gasteiger partial charge < -0.3 is 10.2 Å². The van der Waals surface area contributed by atoms with Crippen molar-refractivity contribution in [2.24, 2.45) is 0 Å². The molecule has 2 nitrogen and oxygen atoms in total. The molecule has 0 saturated heterocycles. The van der Waals surface area contributed by atoms with Crippen LogP contribution in [0.4, 0.5) is 0 Å². The van der Waals surface area contributed by atoms with Crippen molar-refractivity contribution in [3.8, 4) is 0 Å². The first kappa shape index (κ1) is 13.5. The summed E-state index contributed by atoms with van der Waals surface area (Å²) in [6, 6.07) is 18.4. The highest BCUT2D eigenvalue weighted by molar-refractivity contribution is 6.23. The molecule has 0 saturated carbocycles.